The number of pyridine rings is 1. The van der Waals surface area contributed by atoms with Crippen LogP contribution in [-0.2, 0) is 9.31 Å². The molecule has 3 rings (SSSR count). The maximum atomic E-state index is 6.05. The fourth-order valence-electron chi connectivity index (χ4n) is 2.15. The number of ether oxygens (including phenoxy) is 1. The number of nitrogens with zero attached hydrogens (tertiary/aromatic N) is 1. The van der Waals surface area contributed by atoms with E-state index in [1.807, 2.05) is 40.0 Å². The number of hydrogen-bond acceptors (Lipinski definition) is 5. The van der Waals surface area contributed by atoms with Crippen LogP contribution in [0.3, 0.4) is 0 Å². The van der Waals surface area contributed by atoms with Crippen molar-refractivity contribution in [2.45, 2.75) is 62.7 Å². The van der Waals surface area contributed by atoms with Crippen LogP contribution in [0.4, 0.5) is 0 Å². The number of hydrogen-bond donors (Lipinski definition) is 0. The van der Waals surface area contributed by atoms with Gasteiger partial charge in [0.25, 0.3) is 0 Å². The van der Waals surface area contributed by atoms with Gasteiger partial charge in [-0.3, -0.25) is 4.98 Å². The molecule has 0 atom stereocenters. The predicted molar refractivity (Wildman–Crippen MR) is 85.4 cm³/mol. The molecule has 0 N–H and O–H groups in total. The fourth-order valence-corrected chi connectivity index (χ4v) is 2.69. The van der Waals surface area contributed by atoms with Crippen LogP contribution in [0.5, 0.6) is 5.75 Å². The second-order valence-electron chi connectivity index (χ2n) is 6.67. The van der Waals surface area contributed by atoms with Crippen molar-refractivity contribution in [3.63, 3.8) is 0 Å². The molecule has 1 saturated heterocycles. The Kier molecular flexibility index (Phi) is 3.75. The van der Waals surface area contributed by atoms with Gasteiger partial charge in [-0.2, -0.15) is 0 Å². The molecule has 0 unspecified atom stereocenters. The molecule has 1 aliphatic carbocycles. The van der Waals surface area contributed by atoms with Gasteiger partial charge in [-0.1, -0.05) is 0 Å². The Balaban J connectivity index is 1.83. The Labute approximate surface area is 131 Å². The molecule has 1 saturated carbocycles. The third-order valence-electron chi connectivity index (χ3n) is 4.39. The zero-order chi connectivity index (χ0) is 15.3. The van der Waals surface area contributed by atoms with Crippen molar-refractivity contribution in [2.24, 2.45) is 0 Å². The molecular formula is C15H22BNO3S. The molecule has 2 fully saturated rings. The van der Waals surface area contributed by atoms with Crippen molar-refractivity contribution >= 4 is 24.5 Å². The number of aromatic nitrogens is 1. The lowest BCUT2D eigenvalue weighted by atomic mass is 9.84. The van der Waals surface area contributed by atoms with E-state index in [0.717, 1.165) is 29.1 Å². The lowest BCUT2D eigenvalue weighted by Gasteiger charge is -2.32. The molecule has 2 heterocycles. The van der Waals surface area contributed by atoms with Crippen molar-refractivity contribution in [2.75, 3.05) is 6.26 Å². The quantitative estimate of drug-likeness (QED) is 0.632. The minimum Gasteiger partial charge on any atom is -0.488 e. The number of thioether (sulfide) groups is 1. The summed E-state index contributed by atoms with van der Waals surface area (Å²) in [4.78, 5) is 5.58. The van der Waals surface area contributed by atoms with Crippen molar-refractivity contribution < 1.29 is 14.0 Å². The van der Waals surface area contributed by atoms with E-state index in [0.29, 0.717) is 6.10 Å². The van der Waals surface area contributed by atoms with E-state index in [-0.39, 0.29) is 11.2 Å². The summed E-state index contributed by atoms with van der Waals surface area (Å²) >= 11 is 1.66. The zero-order valence-corrected chi connectivity index (χ0v) is 14.1. The molecule has 1 aromatic rings. The van der Waals surface area contributed by atoms with Crippen LogP contribution in [0.1, 0.15) is 40.5 Å². The number of rotatable bonds is 4. The lowest BCUT2D eigenvalue weighted by molar-refractivity contribution is 0.00578. The fraction of sp³-hybridized carbons (Fsp3) is 0.667. The van der Waals surface area contributed by atoms with E-state index in [2.05, 4.69) is 4.98 Å². The van der Waals surface area contributed by atoms with Gasteiger partial charge in [-0.05, 0) is 52.9 Å². The highest BCUT2D eigenvalue weighted by Gasteiger charge is 2.52. The van der Waals surface area contributed by atoms with Crippen molar-refractivity contribution in [1.82, 2.24) is 4.98 Å². The third-order valence-corrected chi connectivity index (χ3v) is 5.14. The van der Waals surface area contributed by atoms with Crippen LogP contribution in [-0.4, -0.2) is 35.7 Å². The van der Waals surface area contributed by atoms with E-state index in [4.69, 9.17) is 14.0 Å². The maximum Gasteiger partial charge on any atom is 0.514 e. The molecule has 21 heavy (non-hydrogen) atoms. The summed E-state index contributed by atoms with van der Waals surface area (Å²) < 4.78 is 18.0. The summed E-state index contributed by atoms with van der Waals surface area (Å²) in [6.07, 6.45) is 6.51. The molecule has 0 bridgehead atoms. The first-order valence-electron chi connectivity index (χ1n) is 7.38. The van der Waals surface area contributed by atoms with Crippen molar-refractivity contribution in [3.8, 4) is 5.75 Å². The highest BCUT2D eigenvalue weighted by molar-refractivity contribution is 7.98. The van der Waals surface area contributed by atoms with Gasteiger partial charge in [0.15, 0.2) is 5.75 Å². The lowest BCUT2D eigenvalue weighted by Crippen LogP contribution is -2.41. The van der Waals surface area contributed by atoms with Gasteiger partial charge in [0.05, 0.1) is 34.0 Å². The Morgan fingerprint density at radius 1 is 1.24 bits per heavy atom. The van der Waals surface area contributed by atoms with E-state index >= 15 is 0 Å². The van der Waals surface area contributed by atoms with Crippen LogP contribution in [0.2, 0.25) is 0 Å². The minimum atomic E-state index is -0.420. The molecule has 2 aliphatic rings. The summed E-state index contributed by atoms with van der Waals surface area (Å²) in [7, 11) is -0.420. The molecule has 1 aliphatic heterocycles. The van der Waals surface area contributed by atoms with Gasteiger partial charge in [0, 0.05) is 0 Å². The van der Waals surface area contributed by atoms with Gasteiger partial charge in [0.1, 0.15) is 0 Å². The van der Waals surface area contributed by atoms with E-state index < -0.39 is 7.12 Å². The molecule has 0 amide bonds. The zero-order valence-electron chi connectivity index (χ0n) is 13.3. The van der Waals surface area contributed by atoms with Crippen molar-refractivity contribution in [3.05, 3.63) is 12.3 Å². The molecule has 6 heteroatoms. The average molecular weight is 307 g/mol. The Morgan fingerprint density at radius 2 is 1.86 bits per heavy atom. The van der Waals surface area contributed by atoms with Crippen LogP contribution < -0.4 is 10.3 Å². The highest BCUT2D eigenvalue weighted by Crippen LogP contribution is 2.37. The van der Waals surface area contributed by atoms with Gasteiger partial charge < -0.3 is 14.0 Å². The first-order chi connectivity index (χ1) is 9.82. The van der Waals surface area contributed by atoms with Crippen LogP contribution in [0.15, 0.2) is 17.2 Å². The SMILES string of the molecule is CSc1cc(B2OC(C)(C)C(C)(C)O2)ncc1OC1CC1. The normalized spacial score (nSPS) is 23.4. The monoisotopic (exact) mass is 307 g/mol. The van der Waals surface area contributed by atoms with Crippen LogP contribution >= 0.6 is 11.8 Å². The Bertz CT molecular complexity index is 530. The minimum absolute atomic E-state index is 0.345. The summed E-state index contributed by atoms with van der Waals surface area (Å²) in [5, 5.41) is 0. The summed E-state index contributed by atoms with van der Waals surface area (Å²) in [6, 6.07) is 2.02. The molecule has 0 aromatic carbocycles. The van der Waals surface area contributed by atoms with Crippen LogP contribution in [0, 0.1) is 0 Å². The Morgan fingerprint density at radius 3 is 2.38 bits per heavy atom. The smallest absolute Gasteiger partial charge is 0.488 e. The molecule has 0 radical (unpaired) electrons. The topological polar surface area (TPSA) is 40.6 Å². The van der Waals surface area contributed by atoms with Crippen molar-refractivity contribution in [1.29, 1.82) is 0 Å². The van der Waals surface area contributed by atoms with Gasteiger partial charge in [-0.25, -0.2) is 0 Å². The second-order valence-corrected chi connectivity index (χ2v) is 7.51. The molecule has 0 spiro atoms. The van der Waals surface area contributed by atoms with E-state index in [1.165, 1.54) is 0 Å². The summed E-state index contributed by atoms with van der Waals surface area (Å²) in [5.74, 6) is 0.866. The van der Waals surface area contributed by atoms with E-state index in [1.54, 1.807) is 18.0 Å². The molecule has 4 nitrogen and oxygen atoms in total. The average Bonchev–Trinajstić information content (AvgIpc) is 3.17. The summed E-state index contributed by atoms with van der Waals surface area (Å²) in [5.41, 5.74) is 0.116. The van der Waals surface area contributed by atoms with Gasteiger partial charge >= 0.3 is 7.12 Å². The molecule has 1 aromatic heterocycles. The maximum absolute atomic E-state index is 6.05. The third kappa shape index (κ3) is 2.94. The molecular weight excluding hydrogens is 285 g/mol. The Hall–Kier alpha value is -0.715. The standard InChI is InChI=1S/C15H22BNO3S/c1-14(2)15(3,4)20-16(19-14)13-8-12(21-5)11(9-17-13)18-10-6-7-10/h8-10H,6-7H2,1-5H3. The van der Waals surface area contributed by atoms with Gasteiger partial charge in [-0.15, -0.1) is 11.8 Å². The summed E-state index contributed by atoms with van der Waals surface area (Å²) in [6.45, 7) is 8.19. The first-order valence-corrected chi connectivity index (χ1v) is 8.61. The van der Waals surface area contributed by atoms with E-state index in [9.17, 15) is 0 Å². The predicted octanol–water partition coefficient (Wildman–Crippen LogP) is 2.64. The largest absolute Gasteiger partial charge is 0.514 e. The van der Waals surface area contributed by atoms with Gasteiger partial charge in [0.2, 0.25) is 0 Å². The second kappa shape index (κ2) is 5.18. The highest BCUT2D eigenvalue weighted by atomic mass is 32.2. The van der Waals surface area contributed by atoms with Crippen LogP contribution in [0.25, 0.3) is 0 Å². The molecule has 114 valence electrons. The first kappa shape index (κ1) is 15.2.